The van der Waals surface area contributed by atoms with Crippen LogP contribution < -0.4 is 4.90 Å². The Morgan fingerprint density at radius 2 is 2.26 bits per heavy atom. The van der Waals surface area contributed by atoms with E-state index in [0.717, 1.165) is 0 Å². The summed E-state index contributed by atoms with van der Waals surface area (Å²) in [5.74, 6) is -0.755. The zero-order valence-electron chi connectivity index (χ0n) is 10.7. The van der Waals surface area contributed by atoms with Crippen LogP contribution in [0.15, 0.2) is 24.3 Å². The monoisotopic (exact) mass is 286 g/mol. The smallest absolute Gasteiger partial charge is 0.322 e. The number of non-ortho nitro benzene ring substituents is 1. The third-order valence-corrected chi connectivity index (χ3v) is 2.78. The number of carbonyl (C=O) groups is 1. The molecular weight excluding hydrogens is 272 g/mol. The largest absolute Gasteiger partial charge is 0.441 e. The first-order chi connectivity index (χ1) is 8.99. The van der Waals surface area contributed by atoms with E-state index in [1.807, 2.05) is 6.92 Å². The predicted octanol–water partition coefficient (Wildman–Crippen LogP) is 2.55. The number of hydrogen-bond acceptors (Lipinski definition) is 5. The molecule has 1 aromatic carbocycles. The van der Waals surface area contributed by atoms with Crippen LogP contribution in [0.1, 0.15) is 13.8 Å². The number of rotatable bonds is 6. The van der Waals surface area contributed by atoms with Gasteiger partial charge < -0.3 is 9.64 Å². The van der Waals surface area contributed by atoms with Crippen LogP contribution in [-0.4, -0.2) is 29.5 Å². The van der Waals surface area contributed by atoms with E-state index in [4.69, 9.17) is 16.3 Å². The van der Waals surface area contributed by atoms with E-state index >= 15 is 0 Å². The van der Waals surface area contributed by atoms with Crippen molar-refractivity contribution in [2.75, 3.05) is 17.3 Å². The minimum absolute atomic E-state index is 0.00757. The van der Waals surface area contributed by atoms with E-state index in [1.54, 1.807) is 24.0 Å². The van der Waals surface area contributed by atoms with Gasteiger partial charge in [-0.1, -0.05) is 6.07 Å². The first-order valence-electron chi connectivity index (χ1n) is 5.76. The molecule has 6 nitrogen and oxygen atoms in total. The number of nitrogens with zero attached hydrogens (tertiary/aromatic N) is 2. The summed E-state index contributed by atoms with van der Waals surface area (Å²) in [5, 5.41) is 10.7. The normalized spacial score (nSPS) is 11.7. The Kier molecular flexibility index (Phi) is 5.57. The number of halogens is 1. The average Bonchev–Trinajstić information content (AvgIpc) is 2.39. The molecule has 0 fully saturated rings. The molecule has 0 bridgehead atoms. The van der Waals surface area contributed by atoms with Crippen LogP contribution >= 0.6 is 11.6 Å². The van der Waals surface area contributed by atoms with Gasteiger partial charge >= 0.3 is 5.97 Å². The van der Waals surface area contributed by atoms with Crippen molar-refractivity contribution in [2.45, 2.75) is 20.1 Å². The Morgan fingerprint density at radius 3 is 2.79 bits per heavy atom. The second-order valence-corrected chi connectivity index (χ2v) is 4.05. The second-order valence-electron chi connectivity index (χ2n) is 3.79. The van der Waals surface area contributed by atoms with Crippen molar-refractivity contribution in [3.8, 4) is 0 Å². The van der Waals surface area contributed by atoms with E-state index in [9.17, 15) is 14.9 Å². The molecular formula is C12H15ClN2O4. The number of alkyl halides is 1. The zero-order chi connectivity index (χ0) is 14.4. The molecule has 1 rings (SSSR count). The quantitative estimate of drug-likeness (QED) is 0.264. The van der Waals surface area contributed by atoms with Gasteiger partial charge in [0.2, 0.25) is 0 Å². The molecule has 1 aromatic rings. The number of benzene rings is 1. The van der Waals surface area contributed by atoms with Gasteiger partial charge in [-0.2, -0.15) is 0 Å². The van der Waals surface area contributed by atoms with Gasteiger partial charge in [0.25, 0.3) is 5.69 Å². The molecule has 0 aliphatic carbocycles. The summed E-state index contributed by atoms with van der Waals surface area (Å²) in [6.07, 6.45) is -0.543. The molecule has 104 valence electrons. The molecule has 0 amide bonds. The van der Waals surface area contributed by atoms with Crippen molar-refractivity contribution >= 4 is 28.9 Å². The van der Waals surface area contributed by atoms with Crippen LogP contribution in [0.2, 0.25) is 0 Å². The van der Waals surface area contributed by atoms with Crippen molar-refractivity contribution in [2.24, 2.45) is 0 Å². The van der Waals surface area contributed by atoms with Gasteiger partial charge in [0.15, 0.2) is 6.23 Å². The molecule has 0 aliphatic heterocycles. The van der Waals surface area contributed by atoms with Crippen LogP contribution in [0.5, 0.6) is 0 Å². The molecule has 7 heteroatoms. The Bertz CT molecular complexity index is 467. The minimum atomic E-state index is -0.543. The standard InChI is InChI=1S/C12H15ClN2O4/c1-3-14(9(2)19-12(16)8-13)10-5-4-6-11(7-10)15(17)18/h4-7,9H,3,8H2,1-2H3. The summed E-state index contributed by atoms with van der Waals surface area (Å²) in [7, 11) is 0. The molecule has 0 N–H and O–H groups in total. The Morgan fingerprint density at radius 1 is 1.58 bits per heavy atom. The van der Waals surface area contributed by atoms with E-state index in [0.29, 0.717) is 12.2 Å². The van der Waals surface area contributed by atoms with E-state index < -0.39 is 17.1 Å². The fourth-order valence-electron chi connectivity index (χ4n) is 1.72. The van der Waals surface area contributed by atoms with Crippen molar-refractivity contribution in [3.05, 3.63) is 34.4 Å². The molecule has 0 saturated carbocycles. The van der Waals surface area contributed by atoms with Gasteiger partial charge in [-0.3, -0.25) is 14.9 Å². The number of ether oxygens (including phenoxy) is 1. The number of hydrogen-bond donors (Lipinski definition) is 0. The Balaban J connectivity index is 2.93. The van der Waals surface area contributed by atoms with Crippen LogP contribution in [0.25, 0.3) is 0 Å². The maximum atomic E-state index is 11.2. The maximum Gasteiger partial charge on any atom is 0.322 e. The maximum absolute atomic E-state index is 11.2. The predicted molar refractivity (Wildman–Crippen MR) is 72.4 cm³/mol. The molecule has 0 saturated heterocycles. The average molecular weight is 287 g/mol. The number of esters is 1. The fraction of sp³-hybridized carbons (Fsp3) is 0.417. The number of anilines is 1. The first kappa shape index (κ1) is 15.2. The summed E-state index contributed by atoms with van der Waals surface area (Å²) in [4.78, 5) is 23.2. The van der Waals surface area contributed by atoms with Gasteiger partial charge in [0, 0.05) is 24.4 Å². The van der Waals surface area contributed by atoms with Crippen LogP contribution in [0, 0.1) is 10.1 Å². The van der Waals surface area contributed by atoms with Gasteiger partial charge in [0.05, 0.1) is 4.92 Å². The highest BCUT2D eigenvalue weighted by Crippen LogP contribution is 2.23. The van der Waals surface area contributed by atoms with Gasteiger partial charge in [0.1, 0.15) is 5.88 Å². The summed E-state index contributed by atoms with van der Waals surface area (Å²) in [6.45, 7) is 4.09. The second kappa shape index (κ2) is 6.94. The molecule has 0 heterocycles. The lowest BCUT2D eigenvalue weighted by atomic mass is 10.2. The minimum Gasteiger partial charge on any atom is -0.441 e. The van der Waals surface area contributed by atoms with Gasteiger partial charge in [-0.15, -0.1) is 11.6 Å². The number of carbonyl (C=O) groups excluding carboxylic acids is 1. The SMILES string of the molecule is CCN(c1cccc([N+](=O)[O-])c1)C(C)OC(=O)CCl. The summed E-state index contributed by atoms with van der Waals surface area (Å²) in [6, 6.07) is 6.16. The van der Waals surface area contributed by atoms with E-state index in [-0.39, 0.29) is 11.6 Å². The van der Waals surface area contributed by atoms with Crippen molar-refractivity contribution in [3.63, 3.8) is 0 Å². The Labute approximate surface area is 116 Å². The first-order valence-corrected chi connectivity index (χ1v) is 6.29. The fourth-order valence-corrected chi connectivity index (χ4v) is 1.78. The lowest BCUT2D eigenvalue weighted by molar-refractivity contribution is -0.384. The molecule has 0 spiro atoms. The Hall–Kier alpha value is -1.82. The number of nitro benzene ring substituents is 1. The highest BCUT2D eigenvalue weighted by molar-refractivity contribution is 6.26. The van der Waals surface area contributed by atoms with Gasteiger partial charge in [-0.05, 0) is 19.9 Å². The van der Waals surface area contributed by atoms with Crippen LogP contribution in [0.3, 0.4) is 0 Å². The molecule has 19 heavy (non-hydrogen) atoms. The number of nitro groups is 1. The molecule has 0 aliphatic rings. The summed E-state index contributed by atoms with van der Waals surface area (Å²) < 4.78 is 5.09. The lowest BCUT2D eigenvalue weighted by Crippen LogP contribution is -2.36. The van der Waals surface area contributed by atoms with Crippen molar-refractivity contribution < 1.29 is 14.5 Å². The third kappa shape index (κ3) is 4.10. The van der Waals surface area contributed by atoms with Crippen LogP contribution in [-0.2, 0) is 9.53 Å². The highest BCUT2D eigenvalue weighted by Gasteiger charge is 2.18. The lowest BCUT2D eigenvalue weighted by Gasteiger charge is -2.29. The molecule has 0 aromatic heterocycles. The van der Waals surface area contributed by atoms with Crippen molar-refractivity contribution in [1.29, 1.82) is 0 Å². The van der Waals surface area contributed by atoms with Crippen molar-refractivity contribution in [1.82, 2.24) is 0 Å². The van der Waals surface area contributed by atoms with Gasteiger partial charge in [-0.25, -0.2) is 0 Å². The zero-order valence-corrected chi connectivity index (χ0v) is 11.5. The van der Waals surface area contributed by atoms with Crippen LogP contribution in [0.4, 0.5) is 11.4 Å². The third-order valence-electron chi connectivity index (χ3n) is 2.56. The highest BCUT2D eigenvalue weighted by atomic mass is 35.5. The summed E-state index contributed by atoms with van der Waals surface area (Å²) in [5.41, 5.74) is 0.610. The molecule has 1 atom stereocenters. The molecule has 0 radical (unpaired) electrons. The van der Waals surface area contributed by atoms with E-state index in [1.165, 1.54) is 12.1 Å². The van der Waals surface area contributed by atoms with E-state index in [2.05, 4.69) is 0 Å². The topological polar surface area (TPSA) is 72.7 Å². The summed E-state index contributed by atoms with van der Waals surface area (Å²) >= 11 is 5.37. The molecule has 1 unspecified atom stereocenters.